The topological polar surface area (TPSA) is 9.23 Å². The third kappa shape index (κ3) is 2.58. The van der Waals surface area contributed by atoms with Crippen LogP contribution in [-0.2, 0) is 0 Å². The Kier molecular flexibility index (Phi) is 3.89. The van der Waals surface area contributed by atoms with Gasteiger partial charge in [0.05, 0.1) is 6.61 Å². The van der Waals surface area contributed by atoms with E-state index in [-0.39, 0.29) is 5.82 Å². The lowest BCUT2D eigenvalue weighted by Crippen LogP contribution is -1.97. The Balaban J connectivity index is 3.21. The highest BCUT2D eigenvalue weighted by atomic mass is 19.1. The Hall–Kier alpha value is -1.31. The summed E-state index contributed by atoms with van der Waals surface area (Å²) in [6, 6.07) is 5.25. The van der Waals surface area contributed by atoms with Gasteiger partial charge >= 0.3 is 0 Å². The fraction of sp³-hybridized carbons (Fsp3) is 0.385. The van der Waals surface area contributed by atoms with E-state index in [0.29, 0.717) is 17.9 Å². The highest BCUT2D eigenvalue weighted by Gasteiger charge is 2.10. The van der Waals surface area contributed by atoms with Gasteiger partial charge in [-0.3, -0.25) is 0 Å². The predicted octanol–water partition coefficient (Wildman–Crippen LogP) is 4.04. The Bertz CT molecular complexity index is 376. The van der Waals surface area contributed by atoms with Crippen molar-refractivity contribution in [3.05, 3.63) is 35.2 Å². The molecule has 0 saturated heterocycles. The average Bonchev–Trinajstić information content (AvgIpc) is 2.20. The molecule has 0 spiro atoms. The summed E-state index contributed by atoms with van der Waals surface area (Å²) < 4.78 is 19.1. The number of rotatable bonds is 3. The van der Waals surface area contributed by atoms with Gasteiger partial charge in [0.2, 0.25) is 0 Å². The molecule has 2 heteroatoms. The normalized spacial score (nSPS) is 9.93. The molecule has 0 aliphatic rings. The van der Waals surface area contributed by atoms with E-state index in [2.05, 4.69) is 0 Å². The van der Waals surface area contributed by atoms with Gasteiger partial charge in [0.1, 0.15) is 0 Å². The molecule has 0 unspecified atom stereocenters. The molecule has 0 saturated carbocycles. The fourth-order valence-corrected chi connectivity index (χ4v) is 1.34. The van der Waals surface area contributed by atoms with E-state index in [1.807, 2.05) is 33.8 Å². The van der Waals surface area contributed by atoms with Crippen molar-refractivity contribution >= 4 is 5.57 Å². The molecule has 0 N–H and O–H groups in total. The summed E-state index contributed by atoms with van der Waals surface area (Å²) in [5, 5.41) is 0. The van der Waals surface area contributed by atoms with E-state index in [0.717, 1.165) is 11.1 Å². The average molecular weight is 208 g/mol. The van der Waals surface area contributed by atoms with Gasteiger partial charge in [-0.05, 0) is 39.3 Å². The van der Waals surface area contributed by atoms with Crippen LogP contribution in [0.3, 0.4) is 0 Å². The monoisotopic (exact) mass is 208 g/mol. The summed E-state index contributed by atoms with van der Waals surface area (Å²) in [6.45, 7) is 8.20. The van der Waals surface area contributed by atoms with Crippen molar-refractivity contribution in [1.29, 1.82) is 0 Å². The largest absolute Gasteiger partial charge is 0.491 e. The van der Waals surface area contributed by atoms with Gasteiger partial charge in [-0.1, -0.05) is 17.7 Å². The van der Waals surface area contributed by atoms with Crippen LogP contribution in [0.2, 0.25) is 0 Å². The quantitative estimate of drug-likeness (QED) is 0.728. The van der Waals surface area contributed by atoms with Crippen LogP contribution in [0.15, 0.2) is 23.8 Å². The van der Waals surface area contributed by atoms with Crippen molar-refractivity contribution in [3.63, 3.8) is 0 Å². The molecule has 0 aromatic heterocycles. The van der Waals surface area contributed by atoms with E-state index in [1.54, 1.807) is 12.1 Å². The first-order valence-electron chi connectivity index (χ1n) is 5.13. The molecule has 1 aromatic carbocycles. The molecule has 1 nitrogen and oxygen atoms in total. The van der Waals surface area contributed by atoms with Gasteiger partial charge in [-0.15, -0.1) is 0 Å². The second kappa shape index (κ2) is 4.96. The van der Waals surface area contributed by atoms with E-state index in [4.69, 9.17) is 4.74 Å². The Morgan fingerprint density at radius 2 is 1.93 bits per heavy atom. The molecular formula is C13H17FO. The van der Waals surface area contributed by atoms with Crippen LogP contribution in [0.4, 0.5) is 4.39 Å². The number of benzene rings is 1. The fourth-order valence-electron chi connectivity index (χ4n) is 1.34. The van der Waals surface area contributed by atoms with Crippen molar-refractivity contribution < 1.29 is 9.13 Å². The molecule has 82 valence electrons. The van der Waals surface area contributed by atoms with Crippen molar-refractivity contribution in [3.8, 4) is 5.75 Å². The highest BCUT2D eigenvalue weighted by molar-refractivity contribution is 5.67. The van der Waals surface area contributed by atoms with Crippen LogP contribution in [0.25, 0.3) is 5.57 Å². The first-order valence-corrected chi connectivity index (χ1v) is 5.13. The molecule has 0 bridgehead atoms. The minimum absolute atomic E-state index is 0.266. The molecule has 0 atom stereocenters. The van der Waals surface area contributed by atoms with Crippen molar-refractivity contribution in [2.24, 2.45) is 0 Å². The lowest BCUT2D eigenvalue weighted by Gasteiger charge is -2.10. The van der Waals surface area contributed by atoms with Crippen molar-refractivity contribution in [2.45, 2.75) is 27.7 Å². The van der Waals surface area contributed by atoms with E-state index >= 15 is 0 Å². The third-order valence-corrected chi connectivity index (χ3v) is 2.42. The molecule has 0 amide bonds. The summed E-state index contributed by atoms with van der Waals surface area (Å²) in [5.41, 5.74) is 2.71. The Morgan fingerprint density at radius 1 is 1.27 bits per heavy atom. The predicted molar refractivity (Wildman–Crippen MR) is 61.5 cm³/mol. The second-order valence-corrected chi connectivity index (χ2v) is 3.68. The molecule has 0 aliphatic heterocycles. The first-order chi connectivity index (χ1) is 7.07. The van der Waals surface area contributed by atoms with Crippen LogP contribution >= 0.6 is 0 Å². The zero-order valence-electron chi connectivity index (χ0n) is 9.73. The number of allylic oxidation sites excluding steroid dienone is 2. The van der Waals surface area contributed by atoms with Crippen LogP contribution < -0.4 is 4.74 Å². The van der Waals surface area contributed by atoms with E-state index in [1.165, 1.54) is 0 Å². The van der Waals surface area contributed by atoms with Gasteiger partial charge in [-0.2, -0.15) is 0 Å². The van der Waals surface area contributed by atoms with Crippen LogP contribution in [0.1, 0.15) is 33.3 Å². The zero-order valence-corrected chi connectivity index (χ0v) is 9.73. The maximum atomic E-state index is 13.9. The molecule has 0 radical (unpaired) electrons. The number of ether oxygens (including phenoxy) is 1. The van der Waals surface area contributed by atoms with Crippen LogP contribution in [-0.4, -0.2) is 6.61 Å². The molecule has 0 aliphatic carbocycles. The molecule has 0 fully saturated rings. The van der Waals surface area contributed by atoms with Gasteiger partial charge in [0.15, 0.2) is 11.6 Å². The summed E-state index contributed by atoms with van der Waals surface area (Å²) in [7, 11) is 0. The van der Waals surface area contributed by atoms with Gasteiger partial charge in [0.25, 0.3) is 0 Å². The SMILES string of the molecule is CCOc1cccc(C(C)=C(C)C)c1F. The van der Waals surface area contributed by atoms with Crippen molar-refractivity contribution in [1.82, 2.24) is 0 Å². The van der Waals surface area contributed by atoms with E-state index in [9.17, 15) is 4.39 Å². The smallest absolute Gasteiger partial charge is 0.172 e. The van der Waals surface area contributed by atoms with Crippen LogP contribution in [0.5, 0.6) is 5.75 Å². The lowest BCUT2D eigenvalue weighted by atomic mass is 10.0. The van der Waals surface area contributed by atoms with Gasteiger partial charge in [0, 0.05) is 5.56 Å². The minimum Gasteiger partial charge on any atom is -0.491 e. The summed E-state index contributed by atoms with van der Waals surface area (Å²) in [6.07, 6.45) is 0. The zero-order chi connectivity index (χ0) is 11.4. The summed E-state index contributed by atoms with van der Waals surface area (Å²) in [5.74, 6) is 0.0636. The van der Waals surface area contributed by atoms with Gasteiger partial charge in [-0.25, -0.2) is 4.39 Å². The first kappa shape index (κ1) is 11.8. The molecule has 0 heterocycles. The van der Waals surface area contributed by atoms with Crippen molar-refractivity contribution in [2.75, 3.05) is 6.61 Å². The van der Waals surface area contributed by atoms with Crippen LogP contribution in [0, 0.1) is 5.82 Å². The number of hydrogen-bond donors (Lipinski definition) is 0. The summed E-state index contributed by atoms with van der Waals surface area (Å²) >= 11 is 0. The maximum absolute atomic E-state index is 13.9. The number of halogens is 1. The Labute approximate surface area is 90.6 Å². The minimum atomic E-state index is -0.266. The molecule has 15 heavy (non-hydrogen) atoms. The van der Waals surface area contributed by atoms with Gasteiger partial charge < -0.3 is 4.74 Å². The maximum Gasteiger partial charge on any atom is 0.172 e. The van der Waals surface area contributed by atoms with E-state index < -0.39 is 0 Å². The molecule has 1 aromatic rings. The second-order valence-electron chi connectivity index (χ2n) is 3.68. The summed E-state index contributed by atoms with van der Waals surface area (Å²) in [4.78, 5) is 0. The third-order valence-electron chi connectivity index (χ3n) is 2.42. The number of hydrogen-bond acceptors (Lipinski definition) is 1. The molecular weight excluding hydrogens is 191 g/mol. The highest BCUT2D eigenvalue weighted by Crippen LogP contribution is 2.27. The lowest BCUT2D eigenvalue weighted by molar-refractivity contribution is 0.321. The Morgan fingerprint density at radius 3 is 2.47 bits per heavy atom. The standard InChI is InChI=1S/C13H17FO/c1-5-15-12-8-6-7-11(13(12)14)10(4)9(2)3/h6-8H,5H2,1-4H3. The molecule has 1 rings (SSSR count).